The number of fused-ring (bicyclic) bond motifs is 1. The molecule has 0 bridgehead atoms. The van der Waals surface area contributed by atoms with E-state index in [1.165, 1.54) is 0 Å². The van der Waals surface area contributed by atoms with Gasteiger partial charge in [0, 0.05) is 41.9 Å². The van der Waals surface area contributed by atoms with Gasteiger partial charge in [0.15, 0.2) is 0 Å². The molecule has 1 atom stereocenters. The van der Waals surface area contributed by atoms with Gasteiger partial charge in [-0.15, -0.1) is 0 Å². The lowest BCUT2D eigenvalue weighted by atomic mass is 10.1. The van der Waals surface area contributed by atoms with Gasteiger partial charge in [-0.2, -0.15) is 0 Å². The van der Waals surface area contributed by atoms with Crippen LogP contribution in [0.5, 0.6) is 0 Å². The second-order valence-electron chi connectivity index (χ2n) is 6.61. The zero-order chi connectivity index (χ0) is 17.1. The summed E-state index contributed by atoms with van der Waals surface area (Å²) in [6, 6.07) is 18.0. The maximum atomic E-state index is 13.1. The van der Waals surface area contributed by atoms with Gasteiger partial charge in [-0.1, -0.05) is 36.4 Å². The lowest BCUT2D eigenvalue weighted by molar-refractivity contribution is -0.118. The SMILES string of the molecule is O=C(Cc1c[nH]c2ccccc12)N(C[C@@H]1CCOC1)c1ccccc1. The minimum absolute atomic E-state index is 0.128. The van der Waals surface area contributed by atoms with Gasteiger partial charge < -0.3 is 14.6 Å². The van der Waals surface area contributed by atoms with E-state index in [-0.39, 0.29) is 5.91 Å². The number of para-hydroxylation sites is 2. The van der Waals surface area contributed by atoms with E-state index < -0.39 is 0 Å². The standard InChI is InChI=1S/C21H22N2O2/c24-21(12-17-13-22-20-9-5-4-8-19(17)20)23(14-16-10-11-25-15-16)18-6-2-1-3-7-18/h1-9,13,16,22H,10-12,14-15H2/t16-/m0/s1. The topological polar surface area (TPSA) is 45.3 Å². The van der Waals surface area contributed by atoms with Crippen LogP contribution in [0.15, 0.2) is 60.8 Å². The first kappa shape index (κ1) is 15.9. The lowest BCUT2D eigenvalue weighted by Crippen LogP contribution is -2.36. The van der Waals surface area contributed by atoms with Crippen LogP contribution in [0.1, 0.15) is 12.0 Å². The highest BCUT2D eigenvalue weighted by Crippen LogP contribution is 2.23. The van der Waals surface area contributed by atoms with Crippen molar-refractivity contribution >= 4 is 22.5 Å². The van der Waals surface area contributed by atoms with Crippen LogP contribution < -0.4 is 4.90 Å². The summed E-state index contributed by atoms with van der Waals surface area (Å²) in [6.45, 7) is 2.25. The van der Waals surface area contributed by atoms with Crippen molar-refractivity contribution < 1.29 is 9.53 Å². The molecule has 128 valence electrons. The molecule has 25 heavy (non-hydrogen) atoms. The van der Waals surface area contributed by atoms with Crippen molar-refractivity contribution in [2.24, 2.45) is 5.92 Å². The van der Waals surface area contributed by atoms with Crippen LogP contribution in [-0.2, 0) is 16.0 Å². The molecule has 0 aliphatic carbocycles. The summed E-state index contributed by atoms with van der Waals surface area (Å²) in [5.74, 6) is 0.537. The fourth-order valence-electron chi connectivity index (χ4n) is 3.48. The number of carbonyl (C=O) groups excluding carboxylic acids is 1. The summed E-state index contributed by atoms with van der Waals surface area (Å²) in [6.07, 6.45) is 3.36. The van der Waals surface area contributed by atoms with E-state index in [2.05, 4.69) is 11.1 Å². The molecular formula is C21H22N2O2. The molecule has 1 saturated heterocycles. The molecule has 1 amide bonds. The number of anilines is 1. The molecule has 1 aliphatic heterocycles. The second kappa shape index (κ2) is 7.11. The van der Waals surface area contributed by atoms with Gasteiger partial charge in [-0.05, 0) is 30.2 Å². The summed E-state index contributed by atoms with van der Waals surface area (Å²) in [5.41, 5.74) is 3.07. The van der Waals surface area contributed by atoms with Crippen LogP contribution in [0.25, 0.3) is 10.9 Å². The van der Waals surface area contributed by atoms with Gasteiger partial charge in [0.05, 0.1) is 13.0 Å². The van der Waals surface area contributed by atoms with E-state index in [0.29, 0.717) is 18.9 Å². The largest absolute Gasteiger partial charge is 0.381 e. The monoisotopic (exact) mass is 334 g/mol. The summed E-state index contributed by atoms with van der Waals surface area (Å²) in [5, 5.41) is 1.12. The number of benzene rings is 2. The van der Waals surface area contributed by atoms with Crippen LogP contribution in [0.4, 0.5) is 5.69 Å². The molecule has 2 heterocycles. The second-order valence-corrected chi connectivity index (χ2v) is 6.61. The third-order valence-electron chi connectivity index (χ3n) is 4.85. The molecular weight excluding hydrogens is 312 g/mol. The molecule has 4 nitrogen and oxygen atoms in total. The number of hydrogen-bond donors (Lipinski definition) is 1. The maximum absolute atomic E-state index is 13.1. The van der Waals surface area contributed by atoms with Crippen LogP contribution in [0, 0.1) is 5.92 Å². The lowest BCUT2D eigenvalue weighted by Gasteiger charge is -2.25. The molecule has 0 spiro atoms. The highest BCUT2D eigenvalue weighted by molar-refractivity contribution is 5.97. The smallest absolute Gasteiger partial charge is 0.231 e. The normalized spacial score (nSPS) is 17.0. The fraction of sp³-hybridized carbons (Fsp3) is 0.286. The van der Waals surface area contributed by atoms with Crippen molar-refractivity contribution in [3.05, 3.63) is 66.4 Å². The number of aromatic amines is 1. The van der Waals surface area contributed by atoms with E-state index in [1.54, 1.807) is 0 Å². The van der Waals surface area contributed by atoms with Crippen molar-refractivity contribution in [3.63, 3.8) is 0 Å². The maximum Gasteiger partial charge on any atom is 0.231 e. The Morgan fingerprint density at radius 1 is 1.12 bits per heavy atom. The van der Waals surface area contributed by atoms with Crippen LogP contribution >= 0.6 is 0 Å². The van der Waals surface area contributed by atoms with Crippen molar-refractivity contribution in [2.45, 2.75) is 12.8 Å². The van der Waals surface area contributed by atoms with E-state index in [4.69, 9.17) is 4.74 Å². The number of nitrogens with zero attached hydrogens (tertiary/aromatic N) is 1. The molecule has 0 saturated carbocycles. The third-order valence-corrected chi connectivity index (χ3v) is 4.85. The van der Waals surface area contributed by atoms with E-state index in [0.717, 1.165) is 41.8 Å². The van der Waals surface area contributed by atoms with Crippen LogP contribution in [0.3, 0.4) is 0 Å². The number of hydrogen-bond acceptors (Lipinski definition) is 2. The first-order valence-corrected chi connectivity index (χ1v) is 8.79. The van der Waals surface area contributed by atoms with Crippen molar-refractivity contribution in [2.75, 3.05) is 24.7 Å². The molecule has 4 rings (SSSR count). The Morgan fingerprint density at radius 2 is 1.92 bits per heavy atom. The Hall–Kier alpha value is -2.59. The fourth-order valence-corrected chi connectivity index (χ4v) is 3.48. The summed E-state index contributed by atoms with van der Waals surface area (Å²) < 4.78 is 5.49. The number of H-pyrrole nitrogens is 1. The number of rotatable bonds is 5. The Bertz CT molecular complexity index is 850. The predicted octanol–water partition coefficient (Wildman–Crippen LogP) is 3.78. The first-order valence-electron chi connectivity index (χ1n) is 8.79. The quantitative estimate of drug-likeness (QED) is 0.772. The van der Waals surface area contributed by atoms with Gasteiger partial charge in [-0.3, -0.25) is 4.79 Å². The highest BCUT2D eigenvalue weighted by Gasteiger charge is 2.24. The third kappa shape index (κ3) is 3.44. The van der Waals surface area contributed by atoms with Gasteiger partial charge in [0.25, 0.3) is 0 Å². The van der Waals surface area contributed by atoms with E-state index in [1.807, 2.05) is 59.6 Å². The average Bonchev–Trinajstić information content (AvgIpc) is 3.31. The molecule has 4 heteroatoms. The summed E-state index contributed by atoms with van der Waals surface area (Å²) >= 11 is 0. The Morgan fingerprint density at radius 3 is 2.72 bits per heavy atom. The van der Waals surface area contributed by atoms with Crippen LogP contribution in [-0.4, -0.2) is 30.6 Å². The van der Waals surface area contributed by atoms with Gasteiger partial charge in [0.1, 0.15) is 0 Å². The first-order chi connectivity index (χ1) is 12.3. The van der Waals surface area contributed by atoms with Gasteiger partial charge in [-0.25, -0.2) is 0 Å². The van der Waals surface area contributed by atoms with Gasteiger partial charge in [0.2, 0.25) is 5.91 Å². The number of carbonyl (C=O) groups is 1. The number of nitrogens with one attached hydrogen (secondary N) is 1. The molecule has 1 aromatic heterocycles. The Balaban J connectivity index is 1.58. The predicted molar refractivity (Wildman–Crippen MR) is 99.7 cm³/mol. The molecule has 2 aromatic carbocycles. The molecule has 1 fully saturated rings. The number of amides is 1. The zero-order valence-electron chi connectivity index (χ0n) is 14.2. The molecule has 0 unspecified atom stereocenters. The highest BCUT2D eigenvalue weighted by atomic mass is 16.5. The minimum Gasteiger partial charge on any atom is -0.381 e. The Kier molecular flexibility index (Phi) is 4.53. The molecule has 1 N–H and O–H groups in total. The Labute approximate surface area is 147 Å². The molecule has 1 aliphatic rings. The summed E-state index contributed by atoms with van der Waals surface area (Å²) in [4.78, 5) is 18.3. The number of aromatic nitrogens is 1. The average molecular weight is 334 g/mol. The van der Waals surface area contributed by atoms with E-state index >= 15 is 0 Å². The summed E-state index contributed by atoms with van der Waals surface area (Å²) in [7, 11) is 0. The van der Waals surface area contributed by atoms with Crippen molar-refractivity contribution in [1.82, 2.24) is 4.98 Å². The van der Waals surface area contributed by atoms with Gasteiger partial charge >= 0.3 is 0 Å². The molecule has 3 aromatic rings. The molecule has 0 radical (unpaired) electrons. The van der Waals surface area contributed by atoms with E-state index in [9.17, 15) is 4.79 Å². The minimum atomic E-state index is 0.128. The van der Waals surface area contributed by atoms with Crippen molar-refractivity contribution in [1.29, 1.82) is 0 Å². The zero-order valence-corrected chi connectivity index (χ0v) is 14.2. The van der Waals surface area contributed by atoms with Crippen molar-refractivity contribution in [3.8, 4) is 0 Å². The number of ether oxygens (including phenoxy) is 1. The van der Waals surface area contributed by atoms with Crippen LogP contribution in [0.2, 0.25) is 0 Å².